The lowest BCUT2D eigenvalue weighted by Gasteiger charge is -2.04. The van der Waals surface area contributed by atoms with Crippen molar-refractivity contribution in [2.24, 2.45) is 5.73 Å². The van der Waals surface area contributed by atoms with Gasteiger partial charge in [0.05, 0.1) is 20.2 Å². The van der Waals surface area contributed by atoms with Gasteiger partial charge in [-0.15, -0.1) is 5.10 Å². The summed E-state index contributed by atoms with van der Waals surface area (Å²) in [5.74, 6) is 1.51. The zero-order chi connectivity index (χ0) is 11.4. The van der Waals surface area contributed by atoms with Gasteiger partial charge >= 0.3 is 0 Å². The standard InChI is InChI=1S/C10H13N5O/c1-16-9-4-2-8(3-5-9)7-15-10(6-11)12-13-14-15/h2-5H,6-7,11H2,1H3. The van der Waals surface area contributed by atoms with E-state index < -0.39 is 0 Å². The van der Waals surface area contributed by atoms with Crippen LogP contribution in [0.1, 0.15) is 11.4 Å². The zero-order valence-corrected chi connectivity index (χ0v) is 9.00. The Morgan fingerprint density at radius 3 is 2.69 bits per heavy atom. The minimum Gasteiger partial charge on any atom is -0.497 e. The van der Waals surface area contributed by atoms with Gasteiger partial charge in [-0.3, -0.25) is 0 Å². The molecule has 84 valence electrons. The lowest BCUT2D eigenvalue weighted by atomic mass is 10.2. The van der Waals surface area contributed by atoms with Crippen LogP contribution in [0.4, 0.5) is 0 Å². The van der Waals surface area contributed by atoms with Crippen molar-refractivity contribution >= 4 is 0 Å². The van der Waals surface area contributed by atoms with E-state index in [1.54, 1.807) is 11.8 Å². The number of hydrogen-bond donors (Lipinski definition) is 1. The highest BCUT2D eigenvalue weighted by Gasteiger charge is 2.04. The molecule has 2 N–H and O–H groups in total. The lowest BCUT2D eigenvalue weighted by Crippen LogP contribution is -2.10. The van der Waals surface area contributed by atoms with Crippen molar-refractivity contribution in [1.29, 1.82) is 0 Å². The van der Waals surface area contributed by atoms with Crippen molar-refractivity contribution in [1.82, 2.24) is 20.2 Å². The molecular weight excluding hydrogens is 206 g/mol. The van der Waals surface area contributed by atoms with Gasteiger partial charge in [0.2, 0.25) is 0 Å². The summed E-state index contributed by atoms with van der Waals surface area (Å²) in [6.45, 7) is 0.951. The number of methoxy groups -OCH3 is 1. The summed E-state index contributed by atoms with van der Waals surface area (Å²) in [5, 5.41) is 11.3. The second-order valence-electron chi connectivity index (χ2n) is 3.30. The Kier molecular flexibility index (Phi) is 3.11. The quantitative estimate of drug-likeness (QED) is 0.794. The molecule has 0 aliphatic rings. The van der Waals surface area contributed by atoms with Crippen molar-refractivity contribution < 1.29 is 4.74 Å². The number of ether oxygens (including phenoxy) is 1. The first-order chi connectivity index (χ1) is 7.83. The van der Waals surface area contributed by atoms with Crippen molar-refractivity contribution in [3.8, 4) is 5.75 Å². The molecule has 1 heterocycles. The predicted octanol–water partition coefficient (Wildman–Crippen LogP) is 0.189. The minimum atomic E-state index is 0.336. The third kappa shape index (κ3) is 2.17. The Morgan fingerprint density at radius 1 is 1.31 bits per heavy atom. The van der Waals surface area contributed by atoms with Gasteiger partial charge in [-0.05, 0) is 28.1 Å². The van der Waals surface area contributed by atoms with Gasteiger partial charge in [-0.1, -0.05) is 12.1 Å². The molecule has 0 radical (unpaired) electrons. The van der Waals surface area contributed by atoms with Crippen LogP contribution in [0.2, 0.25) is 0 Å². The maximum atomic E-state index is 5.51. The van der Waals surface area contributed by atoms with Gasteiger partial charge < -0.3 is 10.5 Å². The van der Waals surface area contributed by atoms with E-state index in [4.69, 9.17) is 10.5 Å². The average Bonchev–Trinajstić information content (AvgIpc) is 2.77. The molecular formula is C10H13N5O. The monoisotopic (exact) mass is 219 g/mol. The van der Waals surface area contributed by atoms with Crippen LogP contribution < -0.4 is 10.5 Å². The molecule has 0 unspecified atom stereocenters. The molecule has 0 saturated heterocycles. The molecule has 0 bridgehead atoms. The summed E-state index contributed by atoms with van der Waals surface area (Å²) in [6, 6.07) is 7.76. The summed E-state index contributed by atoms with van der Waals surface area (Å²) in [5.41, 5.74) is 6.61. The third-order valence-corrected chi connectivity index (χ3v) is 2.28. The number of rotatable bonds is 4. The largest absolute Gasteiger partial charge is 0.497 e. The molecule has 0 spiro atoms. The summed E-state index contributed by atoms with van der Waals surface area (Å²) in [6.07, 6.45) is 0. The van der Waals surface area contributed by atoms with E-state index in [-0.39, 0.29) is 0 Å². The smallest absolute Gasteiger partial charge is 0.165 e. The molecule has 2 rings (SSSR count). The van der Waals surface area contributed by atoms with Gasteiger partial charge in [0.25, 0.3) is 0 Å². The zero-order valence-electron chi connectivity index (χ0n) is 9.00. The first-order valence-corrected chi connectivity index (χ1v) is 4.91. The third-order valence-electron chi connectivity index (χ3n) is 2.28. The van der Waals surface area contributed by atoms with E-state index in [1.165, 1.54) is 0 Å². The van der Waals surface area contributed by atoms with Crippen LogP contribution in [0.3, 0.4) is 0 Å². The lowest BCUT2D eigenvalue weighted by molar-refractivity contribution is 0.414. The number of benzene rings is 1. The van der Waals surface area contributed by atoms with Gasteiger partial charge in [-0.2, -0.15) is 0 Å². The minimum absolute atomic E-state index is 0.336. The van der Waals surface area contributed by atoms with Crippen molar-refractivity contribution in [3.63, 3.8) is 0 Å². The molecule has 0 saturated carbocycles. The number of nitrogens with two attached hydrogens (primary N) is 1. The molecule has 0 aliphatic heterocycles. The molecule has 0 fully saturated rings. The fraction of sp³-hybridized carbons (Fsp3) is 0.300. The molecule has 1 aromatic carbocycles. The van der Waals surface area contributed by atoms with E-state index >= 15 is 0 Å². The predicted molar refractivity (Wildman–Crippen MR) is 57.8 cm³/mol. The van der Waals surface area contributed by atoms with Crippen molar-refractivity contribution in [2.45, 2.75) is 13.1 Å². The topological polar surface area (TPSA) is 78.8 Å². The summed E-state index contributed by atoms with van der Waals surface area (Å²) in [7, 11) is 1.64. The summed E-state index contributed by atoms with van der Waals surface area (Å²) >= 11 is 0. The van der Waals surface area contributed by atoms with E-state index in [0.29, 0.717) is 18.9 Å². The van der Waals surface area contributed by atoms with Gasteiger partial charge in [-0.25, -0.2) is 4.68 Å². The Labute approximate surface area is 93.0 Å². The number of hydrogen-bond acceptors (Lipinski definition) is 5. The number of tetrazole rings is 1. The Morgan fingerprint density at radius 2 is 2.06 bits per heavy atom. The van der Waals surface area contributed by atoms with Crippen LogP contribution in [0, 0.1) is 0 Å². The Hall–Kier alpha value is -1.95. The maximum Gasteiger partial charge on any atom is 0.165 e. The van der Waals surface area contributed by atoms with E-state index in [9.17, 15) is 0 Å². The molecule has 0 amide bonds. The SMILES string of the molecule is COc1ccc(Cn2nnnc2CN)cc1. The highest BCUT2D eigenvalue weighted by Crippen LogP contribution is 2.12. The first kappa shape index (κ1) is 10.6. The average molecular weight is 219 g/mol. The molecule has 6 heteroatoms. The van der Waals surface area contributed by atoms with Crippen molar-refractivity contribution in [2.75, 3.05) is 7.11 Å². The second kappa shape index (κ2) is 4.71. The van der Waals surface area contributed by atoms with Crippen LogP contribution >= 0.6 is 0 Å². The Bertz CT molecular complexity index is 450. The van der Waals surface area contributed by atoms with Gasteiger partial charge in [0.15, 0.2) is 5.82 Å². The Balaban J connectivity index is 2.14. The number of nitrogens with zero attached hydrogens (tertiary/aromatic N) is 4. The highest BCUT2D eigenvalue weighted by atomic mass is 16.5. The summed E-state index contributed by atoms with van der Waals surface area (Å²) in [4.78, 5) is 0. The van der Waals surface area contributed by atoms with Crippen LogP contribution in [-0.4, -0.2) is 27.3 Å². The van der Waals surface area contributed by atoms with Crippen LogP contribution in [0.25, 0.3) is 0 Å². The molecule has 0 atom stereocenters. The molecule has 1 aromatic heterocycles. The normalized spacial score (nSPS) is 10.4. The van der Waals surface area contributed by atoms with Gasteiger partial charge in [0.1, 0.15) is 5.75 Å². The van der Waals surface area contributed by atoms with E-state index in [1.807, 2.05) is 24.3 Å². The molecule has 2 aromatic rings. The molecule has 0 aliphatic carbocycles. The fourth-order valence-corrected chi connectivity index (χ4v) is 1.40. The van der Waals surface area contributed by atoms with E-state index in [0.717, 1.165) is 11.3 Å². The molecule has 6 nitrogen and oxygen atoms in total. The maximum absolute atomic E-state index is 5.51. The summed E-state index contributed by atoms with van der Waals surface area (Å²) < 4.78 is 6.76. The number of aromatic nitrogens is 4. The van der Waals surface area contributed by atoms with Gasteiger partial charge in [0, 0.05) is 0 Å². The van der Waals surface area contributed by atoms with Crippen LogP contribution in [-0.2, 0) is 13.1 Å². The fourth-order valence-electron chi connectivity index (χ4n) is 1.40. The van der Waals surface area contributed by atoms with Crippen LogP contribution in [0.15, 0.2) is 24.3 Å². The molecule has 16 heavy (non-hydrogen) atoms. The van der Waals surface area contributed by atoms with Crippen LogP contribution in [0.5, 0.6) is 5.75 Å². The highest BCUT2D eigenvalue weighted by molar-refractivity contribution is 5.27. The van der Waals surface area contributed by atoms with Crippen molar-refractivity contribution in [3.05, 3.63) is 35.7 Å². The van der Waals surface area contributed by atoms with E-state index in [2.05, 4.69) is 15.5 Å². The second-order valence-corrected chi connectivity index (χ2v) is 3.30. The first-order valence-electron chi connectivity index (χ1n) is 4.91.